The largest absolute Gasteiger partial charge is 0.467 e. The summed E-state index contributed by atoms with van der Waals surface area (Å²) in [4.78, 5) is 13.1. The van der Waals surface area contributed by atoms with Crippen molar-refractivity contribution in [2.24, 2.45) is 5.92 Å². The Morgan fingerprint density at radius 1 is 1.60 bits per heavy atom. The van der Waals surface area contributed by atoms with Crippen molar-refractivity contribution in [1.29, 1.82) is 0 Å². The third-order valence-electron chi connectivity index (χ3n) is 2.93. The van der Waals surface area contributed by atoms with Gasteiger partial charge in [0.2, 0.25) is 0 Å². The molecule has 108 valence electrons. The summed E-state index contributed by atoms with van der Waals surface area (Å²) in [5, 5.41) is 8.99. The molecule has 0 aromatic carbocycles. The number of H-pyrrole nitrogens is 1. The van der Waals surface area contributed by atoms with Crippen LogP contribution in [0.25, 0.3) is 10.7 Å². The number of esters is 1. The molecule has 0 radical (unpaired) electrons. The van der Waals surface area contributed by atoms with Gasteiger partial charge in [0.1, 0.15) is 6.04 Å². The summed E-state index contributed by atoms with van der Waals surface area (Å²) in [6, 6.07) is 3.44. The monoisotopic (exact) mass is 311 g/mol. The molecule has 0 bridgehead atoms. The van der Waals surface area contributed by atoms with Gasteiger partial charge >= 0.3 is 5.97 Å². The number of carbonyl (C=O) groups excluding carboxylic acids is 1. The zero-order valence-corrected chi connectivity index (χ0v) is 13.3. The van der Waals surface area contributed by atoms with Gasteiger partial charge in [-0.25, -0.2) is 4.79 Å². The molecule has 0 aliphatic rings. The number of nitrogens with one attached hydrogen (secondary N) is 1. The smallest absolute Gasteiger partial charge is 0.329 e. The van der Waals surface area contributed by atoms with Gasteiger partial charge < -0.3 is 4.74 Å². The minimum Gasteiger partial charge on any atom is -0.467 e. The van der Waals surface area contributed by atoms with Crippen LogP contribution in [0.4, 0.5) is 0 Å². The summed E-state index contributed by atoms with van der Waals surface area (Å²) >= 11 is 6.84. The molecular formula is C13H17N3O2S2. The van der Waals surface area contributed by atoms with Crippen LogP contribution >= 0.6 is 23.6 Å². The molecule has 1 unspecified atom stereocenters. The van der Waals surface area contributed by atoms with Crippen molar-refractivity contribution in [2.45, 2.75) is 26.3 Å². The normalized spacial score (nSPS) is 12.6. The van der Waals surface area contributed by atoms with E-state index >= 15 is 0 Å². The highest BCUT2D eigenvalue weighted by atomic mass is 32.1. The maximum absolute atomic E-state index is 12.1. The Bertz CT molecular complexity index is 628. The molecule has 0 aliphatic carbocycles. The van der Waals surface area contributed by atoms with Crippen LogP contribution in [0, 0.1) is 10.7 Å². The topological polar surface area (TPSA) is 59.9 Å². The minimum atomic E-state index is -0.455. The van der Waals surface area contributed by atoms with Gasteiger partial charge in [-0.05, 0) is 36.0 Å². The zero-order chi connectivity index (χ0) is 14.7. The van der Waals surface area contributed by atoms with E-state index in [1.807, 2.05) is 17.5 Å². The Labute approximate surface area is 126 Å². The van der Waals surface area contributed by atoms with Crippen LogP contribution in [0.15, 0.2) is 17.5 Å². The van der Waals surface area contributed by atoms with Gasteiger partial charge in [0, 0.05) is 0 Å². The lowest BCUT2D eigenvalue weighted by Crippen LogP contribution is -2.23. The van der Waals surface area contributed by atoms with Crippen molar-refractivity contribution in [2.75, 3.05) is 7.11 Å². The number of nitrogens with zero attached hydrogens (tertiary/aromatic N) is 2. The molecular weight excluding hydrogens is 294 g/mol. The average molecular weight is 311 g/mol. The molecule has 0 aliphatic heterocycles. The van der Waals surface area contributed by atoms with Crippen molar-refractivity contribution < 1.29 is 9.53 Å². The highest BCUT2D eigenvalue weighted by Gasteiger charge is 2.27. The highest BCUT2D eigenvalue weighted by molar-refractivity contribution is 7.71. The predicted octanol–water partition coefficient (Wildman–Crippen LogP) is 3.43. The van der Waals surface area contributed by atoms with Crippen molar-refractivity contribution >= 4 is 29.5 Å². The second kappa shape index (κ2) is 6.32. The maximum Gasteiger partial charge on any atom is 0.329 e. The van der Waals surface area contributed by atoms with E-state index in [1.54, 1.807) is 15.9 Å². The molecule has 0 saturated carbocycles. The first-order chi connectivity index (χ1) is 9.54. The fourth-order valence-corrected chi connectivity index (χ4v) is 3.03. The van der Waals surface area contributed by atoms with E-state index in [-0.39, 0.29) is 5.97 Å². The Hall–Kier alpha value is -1.47. The molecule has 2 aromatic heterocycles. The Kier molecular flexibility index (Phi) is 4.72. The minimum absolute atomic E-state index is 0.297. The zero-order valence-electron chi connectivity index (χ0n) is 11.6. The molecule has 2 aromatic rings. The number of aromatic amines is 1. The van der Waals surface area contributed by atoms with Crippen LogP contribution in [-0.2, 0) is 9.53 Å². The van der Waals surface area contributed by atoms with Gasteiger partial charge in [0.15, 0.2) is 10.6 Å². The SMILES string of the molecule is COC(=O)C(CC(C)C)n1c(-c2cccs2)n[nH]c1=S. The molecule has 1 atom stereocenters. The standard InChI is InChI=1S/C13H17N3O2S2/c1-8(2)7-9(12(17)18-3)16-11(14-15-13(16)19)10-5-4-6-20-10/h4-6,8-9H,7H2,1-3H3,(H,15,19). The lowest BCUT2D eigenvalue weighted by molar-refractivity contribution is -0.145. The molecule has 0 amide bonds. The van der Waals surface area contributed by atoms with E-state index in [1.165, 1.54) is 7.11 Å². The van der Waals surface area contributed by atoms with Crippen LogP contribution in [0.5, 0.6) is 0 Å². The van der Waals surface area contributed by atoms with Gasteiger partial charge in [-0.15, -0.1) is 11.3 Å². The molecule has 0 saturated heterocycles. The summed E-state index contributed by atoms with van der Waals surface area (Å²) in [6.07, 6.45) is 0.652. The third-order valence-corrected chi connectivity index (χ3v) is 4.08. The molecule has 2 rings (SSSR count). The van der Waals surface area contributed by atoms with Crippen LogP contribution in [0.2, 0.25) is 0 Å². The van der Waals surface area contributed by atoms with Gasteiger partial charge in [0.05, 0.1) is 12.0 Å². The number of rotatable bonds is 5. The Morgan fingerprint density at radius 2 is 2.35 bits per heavy atom. The first kappa shape index (κ1) is 14.9. The predicted molar refractivity (Wildman–Crippen MR) is 81.2 cm³/mol. The number of hydrogen-bond donors (Lipinski definition) is 1. The number of aromatic nitrogens is 3. The van der Waals surface area contributed by atoms with Crippen LogP contribution in [0.3, 0.4) is 0 Å². The quantitative estimate of drug-likeness (QED) is 0.679. The summed E-state index contributed by atoms with van der Waals surface area (Å²) in [5.41, 5.74) is 0. The van der Waals surface area contributed by atoms with E-state index in [9.17, 15) is 4.79 Å². The van der Waals surface area contributed by atoms with Crippen molar-refractivity contribution in [1.82, 2.24) is 14.8 Å². The first-order valence-electron chi connectivity index (χ1n) is 6.33. The van der Waals surface area contributed by atoms with E-state index in [0.29, 0.717) is 22.9 Å². The van der Waals surface area contributed by atoms with E-state index in [2.05, 4.69) is 24.0 Å². The molecule has 1 N–H and O–H groups in total. The van der Waals surface area contributed by atoms with Crippen molar-refractivity contribution in [3.63, 3.8) is 0 Å². The number of thiophene rings is 1. The van der Waals surface area contributed by atoms with Gasteiger partial charge in [-0.3, -0.25) is 9.67 Å². The second-order valence-corrected chi connectivity index (χ2v) is 6.20. The number of carbonyl (C=O) groups is 1. The summed E-state index contributed by atoms with van der Waals surface area (Å²) in [7, 11) is 1.39. The number of hydrogen-bond acceptors (Lipinski definition) is 5. The summed E-state index contributed by atoms with van der Waals surface area (Å²) in [5.74, 6) is 0.724. The number of methoxy groups -OCH3 is 1. The van der Waals surface area contributed by atoms with E-state index < -0.39 is 6.04 Å². The average Bonchev–Trinajstić information content (AvgIpc) is 3.04. The molecule has 7 heteroatoms. The summed E-state index contributed by atoms with van der Waals surface area (Å²) < 4.78 is 7.11. The van der Waals surface area contributed by atoms with Crippen molar-refractivity contribution in [3.8, 4) is 10.7 Å². The molecule has 0 fully saturated rings. The Balaban J connectivity index is 2.50. The Morgan fingerprint density at radius 3 is 2.90 bits per heavy atom. The van der Waals surface area contributed by atoms with Gasteiger partial charge in [0.25, 0.3) is 0 Å². The van der Waals surface area contributed by atoms with Crippen LogP contribution < -0.4 is 0 Å². The van der Waals surface area contributed by atoms with Gasteiger partial charge in [-0.2, -0.15) is 5.10 Å². The lowest BCUT2D eigenvalue weighted by Gasteiger charge is -2.19. The van der Waals surface area contributed by atoms with Crippen LogP contribution in [0.1, 0.15) is 26.3 Å². The second-order valence-electron chi connectivity index (χ2n) is 4.87. The first-order valence-corrected chi connectivity index (χ1v) is 7.62. The molecule has 0 spiro atoms. The molecule has 2 heterocycles. The highest BCUT2D eigenvalue weighted by Crippen LogP contribution is 2.28. The molecule has 5 nitrogen and oxygen atoms in total. The fourth-order valence-electron chi connectivity index (χ4n) is 2.06. The van der Waals surface area contributed by atoms with E-state index in [4.69, 9.17) is 17.0 Å². The van der Waals surface area contributed by atoms with Crippen LogP contribution in [-0.4, -0.2) is 27.8 Å². The lowest BCUT2D eigenvalue weighted by atomic mass is 10.0. The third kappa shape index (κ3) is 2.99. The van der Waals surface area contributed by atoms with E-state index in [0.717, 1.165) is 4.88 Å². The fraction of sp³-hybridized carbons (Fsp3) is 0.462. The summed E-state index contributed by atoms with van der Waals surface area (Å²) in [6.45, 7) is 4.12. The van der Waals surface area contributed by atoms with Gasteiger partial charge in [-0.1, -0.05) is 19.9 Å². The molecule has 20 heavy (non-hydrogen) atoms. The van der Waals surface area contributed by atoms with Crippen molar-refractivity contribution in [3.05, 3.63) is 22.3 Å². The number of ether oxygens (including phenoxy) is 1. The maximum atomic E-state index is 12.1.